The molecule has 0 fully saturated rings. The molecule has 0 radical (unpaired) electrons. The monoisotopic (exact) mass is 453 g/mol. The number of nitrogens with zero attached hydrogens (tertiary/aromatic N) is 4. The predicted octanol–water partition coefficient (Wildman–Crippen LogP) is 5.59. The molecule has 0 bridgehead atoms. The van der Waals surface area contributed by atoms with Crippen molar-refractivity contribution in [3.8, 4) is 0 Å². The van der Waals surface area contributed by atoms with Crippen LogP contribution in [0.15, 0.2) is 59.9 Å². The van der Waals surface area contributed by atoms with Crippen LogP contribution < -0.4 is 5.32 Å². The number of thiazole rings is 1. The molecular weight excluding hydrogens is 430 g/mol. The van der Waals surface area contributed by atoms with Crippen molar-refractivity contribution >= 4 is 44.4 Å². The molecule has 4 rings (SSSR count). The Morgan fingerprint density at radius 1 is 1.00 bits per heavy atom. The highest BCUT2D eigenvalue weighted by Gasteiger charge is 2.17. The molecule has 9 heteroatoms. The molecule has 0 atom stereocenters. The maximum Gasteiger partial charge on any atom is 0.201 e. The van der Waals surface area contributed by atoms with Gasteiger partial charge in [0, 0.05) is 31.2 Å². The molecule has 0 saturated carbocycles. The fraction of sp³-hybridized carbons (Fsp3) is 0.273. The lowest BCUT2D eigenvalue weighted by Crippen LogP contribution is -2.12. The van der Waals surface area contributed by atoms with Crippen molar-refractivity contribution in [2.45, 2.75) is 31.0 Å². The summed E-state index contributed by atoms with van der Waals surface area (Å²) in [6.45, 7) is 4.91. The Morgan fingerprint density at radius 2 is 1.81 bits per heavy atom. The van der Waals surface area contributed by atoms with E-state index in [9.17, 15) is 0 Å². The van der Waals surface area contributed by atoms with E-state index < -0.39 is 6.29 Å². The van der Waals surface area contributed by atoms with Gasteiger partial charge in [-0.25, -0.2) is 19.9 Å². The van der Waals surface area contributed by atoms with Crippen LogP contribution in [0.1, 0.15) is 31.4 Å². The Kier molecular flexibility index (Phi) is 7.42. The minimum Gasteiger partial charge on any atom is -0.347 e. The molecule has 1 aromatic carbocycles. The number of hydrogen-bond acceptors (Lipinski definition) is 9. The van der Waals surface area contributed by atoms with Crippen LogP contribution in [0.5, 0.6) is 0 Å². The van der Waals surface area contributed by atoms with Gasteiger partial charge >= 0.3 is 0 Å². The first-order chi connectivity index (χ1) is 15.2. The van der Waals surface area contributed by atoms with Gasteiger partial charge in [0.1, 0.15) is 21.9 Å². The molecule has 1 N–H and O–H groups in total. The summed E-state index contributed by atoms with van der Waals surface area (Å²) in [5.41, 5.74) is 2.74. The van der Waals surface area contributed by atoms with Crippen LogP contribution in [0.3, 0.4) is 0 Å². The van der Waals surface area contributed by atoms with E-state index >= 15 is 0 Å². The van der Waals surface area contributed by atoms with E-state index in [1.807, 2.05) is 50.2 Å². The molecule has 0 aliphatic rings. The average molecular weight is 454 g/mol. The topological polar surface area (TPSA) is 82.0 Å². The van der Waals surface area contributed by atoms with Crippen LogP contribution in [0.2, 0.25) is 0 Å². The molecule has 31 heavy (non-hydrogen) atoms. The normalized spacial score (nSPS) is 11.3. The Balaban J connectivity index is 1.62. The van der Waals surface area contributed by atoms with E-state index in [1.165, 1.54) is 16.9 Å². The van der Waals surface area contributed by atoms with Gasteiger partial charge in [0.25, 0.3) is 0 Å². The number of anilines is 2. The third-order valence-corrected chi connectivity index (χ3v) is 6.03. The smallest absolute Gasteiger partial charge is 0.201 e. The molecular formula is C22H23N5O2S2. The number of nitrogens with one attached hydrogen (secondary N) is 1. The third-order valence-electron chi connectivity index (χ3n) is 4.22. The van der Waals surface area contributed by atoms with E-state index in [0.29, 0.717) is 29.9 Å². The minimum absolute atomic E-state index is 0.521. The summed E-state index contributed by atoms with van der Waals surface area (Å²) < 4.78 is 11.5. The molecule has 0 spiro atoms. The van der Waals surface area contributed by atoms with Gasteiger partial charge in [-0.05, 0) is 31.5 Å². The number of ether oxygens (including phenoxy) is 2. The van der Waals surface area contributed by atoms with Gasteiger partial charge in [0.2, 0.25) is 6.29 Å². The highest BCUT2D eigenvalue weighted by atomic mass is 32.2. The van der Waals surface area contributed by atoms with Gasteiger partial charge in [-0.2, -0.15) is 0 Å². The predicted molar refractivity (Wildman–Crippen MR) is 125 cm³/mol. The van der Waals surface area contributed by atoms with Crippen molar-refractivity contribution in [1.82, 2.24) is 19.9 Å². The van der Waals surface area contributed by atoms with Crippen molar-refractivity contribution in [3.63, 3.8) is 0 Å². The number of thioether (sulfide) groups is 1. The number of fused-ring (bicyclic) bond motifs is 1. The van der Waals surface area contributed by atoms with E-state index in [2.05, 4.69) is 27.4 Å². The number of rotatable bonds is 10. The number of hydrogen-bond donors (Lipinski definition) is 1. The largest absolute Gasteiger partial charge is 0.347 e. The first-order valence-corrected chi connectivity index (χ1v) is 11.8. The van der Waals surface area contributed by atoms with Crippen molar-refractivity contribution in [1.29, 1.82) is 0 Å². The summed E-state index contributed by atoms with van der Waals surface area (Å²) in [5.74, 6) is 1.41. The zero-order valence-electron chi connectivity index (χ0n) is 17.3. The maximum atomic E-state index is 5.77. The van der Waals surface area contributed by atoms with Crippen molar-refractivity contribution in [2.24, 2.45) is 0 Å². The summed E-state index contributed by atoms with van der Waals surface area (Å²) in [6.07, 6.45) is 1.21. The summed E-state index contributed by atoms with van der Waals surface area (Å²) in [5, 5.41) is 4.67. The van der Waals surface area contributed by atoms with E-state index in [4.69, 9.17) is 19.4 Å². The highest BCUT2D eigenvalue weighted by Crippen LogP contribution is 2.29. The van der Waals surface area contributed by atoms with Crippen LogP contribution >= 0.6 is 23.1 Å². The number of benzene rings is 1. The lowest BCUT2D eigenvalue weighted by molar-refractivity contribution is -0.142. The number of pyridine rings is 1. The van der Waals surface area contributed by atoms with Gasteiger partial charge in [0.05, 0.1) is 0 Å². The fourth-order valence-electron chi connectivity index (χ4n) is 2.87. The third kappa shape index (κ3) is 5.76. The Hall–Kier alpha value is -2.59. The second-order valence-corrected chi connectivity index (χ2v) is 8.37. The first kappa shape index (κ1) is 21.6. The van der Waals surface area contributed by atoms with Gasteiger partial charge in [-0.3, -0.25) is 0 Å². The second kappa shape index (κ2) is 10.6. The van der Waals surface area contributed by atoms with Gasteiger partial charge < -0.3 is 14.8 Å². The summed E-state index contributed by atoms with van der Waals surface area (Å²) in [6, 6.07) is 15.9. The number of aromatic nitrogens is 4. The molecule has 4 aromatic rings. The van der Waals surface area contributed by atoms with Crippen molar-refractivity contribution < 1.29 is 9.47 Å². The zero-order valence-corrected chi connectivity index (χ0v) is 18.9. The van der Waals surface area contributed by atoms with Crippen molar-refractivity contribution in [2.75, 3.05) is 18.5 Å². The molecule has 0 aliphatic carbocycles. The van der Waals surface area contributed by atoms with Crippen LogP contribution in [-0.2, 0) is 15.2 Å². The lowest BCUT2D eigenvalue weighted by Gasteiger charge is -2.17. The summed E-state index contributed by atoms with van der Waals surface area (Å²) in [4.78, 5) is 19.2. The quantitative estimate of drug-likeness (QED) is 0.189. The van der Waals surface area contributed by atoms with E-state index in [0.717, 1.165) is 21.2 Å². The Bertz CT molecular complexity index is 1080. The standard InChI is InChI=1S/C22H23N5O2S2/c1-3-28-20(29-4-2)17-13-18(27-22-24-16-11-8-12-23-19(16)31-22)26-21(25-17)30-14-15-9-6-5-7-10-15/h5-13,20H,3-4,14H2,1-2H3,(H,24,25,26,27). The molecule has 3 heterocycles. The van der Waals surface area contributed by atoms with Crippen LogP contribution in [0.25, 0.3) is 10.3 Å². The SMILES string of the molecule is CCOC(OCC)c1cc(Nc2nc3cccnc3s2)nc(SCc2ccccc2)n1. The first-order valence-electron chi connectivity index (χ1n) is 10.0. The summed E-state index contributed by atoms with van der Waals surface area (Å²) in [7, 11) is 0. The van der Waals surface area contributed by atoms with E-state index in [-0.39, 0.29) is 0 Å². The molecule has 7 nitrogen and oxygen atoms in total. The molecule has 0 unspecified atom stereocenters. The average Bonchev–Trinajstić information content (AvgIpc) is 3.20. The lowest BCUT2D eigenvalue weighted by atomic mass is 10.2. The highest BCUT2D eigenvalue weighted by molar-refractivity contribution is 7.98. The Morgan fingerprint density at radius 3 is 2.55 bits per heavy atom. The fourth-order valence-corrected chi connectivity index (χ4v) is 4.50. The van der Waals surface area contributed by atoms with Crippen LogP contribution in [-0.4, -0.2) is 33.1 Å². The van der Waals surface area contributed by atoms with Crippen LogP contribution in [0, 0.1) is 0 Å². The Labute approximate surface area is 189 Å². The molecule has 0 aliphatic heterocycles. The van der Waals surface area contributed by atoms with Gasteiger partial charge in [-0.15, -0.1) is 0 Å². The second-order valence-electron chi connectivity index (χ2n) is 6.45. The minimum atomic E-state index is -0.549. The van der Waals surface area contributed by atoms with Crippen LogP contribution in [0.4, 0.5) is 10.9 Å². The van der Waals surface area contributed by atoms with Gasteiger partial charge in [0.15, 0.2) is 10.3 Å². The zero-order chi connectivity index (χ0) is 21.5. The molecule has 3 aromatic heterocycles. The van der Waals surface area contributed by atoms with E-state index in [1.54, 1.807) is 18.0 Å². The molecule has 160 valence electrons. The van der Waals surface area contributed by atoms with Crippen molar-refractivity contribution in [3.05, 3.63) is 66.0 Å². The van der Waals surface area contributed by atoms with Gasteiger partial charge in [-0.1, -0.05) is 53.4 Å². The maximum absolute atomic E-state index is 5.77. The molecule has 0 amide bonds. The molecule has 0 saturated heterocycles. The summed E-state index contributed by atoms with van der Waals surface area (Å²) >= 11 is 3.05.